The second-order valence-corrected chi connectivity index (χ2v) is 5.58. The number of anilines is 1. The van der Waals surface area contributed by atoms with E-state index >= 15 is 0 Å². The van der Waals surface area contributed by atoms with Gasteiger partial charge in [0.1, 0.15) is 5.82 Å². The molecule has 20 heavy (non-hydrogen) atoms. The molecule has 0 radical (unpaired) electrons. The third-order valence-electron chi connectivity index (χ3n) is 3.15. The monoisotopic (exact) mass is 284 g/mol. The summed E-state index contributed by atoms with van der Waals surface area (Å²) >= 11 is 1.42. The zero-order chi connectivity index (χ0) is 14.1. The van der Waals surface area contributed by atoms with Gasteiger partial charge in [-0.15, -0.1) is 0 Å². The van der Waals surface area contributed by atoms with Gasteiger partial charge in [-0.05, 0) is 30.2 Å². The lowest BCUT2D eigenvalue weighted by Gasteiger charge is -2.05. The van der Waals surface area contributed by atoms with Crippen LogP contribution in [0.2, 0.25) is 0 Å². The van der Waals surface area contributed by atoms with E-state index in [1.807, 2.05) is 31.2 Å². The average Bonchev–Trinajstić information content (AvgIpc) is 2.82. The zero-order valence-electron chi connectivity index (χ0n) is 10.9. The molecule has 0 aliphatic rings. The van der Waals surface area contributed by atoms with E-state index < -0.39 is 0 Å². The van der Waals surface area contributed by atoms with Gasteiger partial charge in [0.2, 0.25) is 0 Å². The van der Waals surface area contributed by atoms with Gasteiger partial charge in [0.05, 0.1) is 10.6 Å². The lowest BCUT2D eigenvalue weighted by Crippen LogP contribution is -1.87. The second-order valence-electron chi connectivity index (χ2n) is 4.55. The van der Waals surface area contributed by atoms with Crippen molar-refractivity contribution >= 4 is 16.5 Å². The number of benzene rings is 2. The highest BCUT2D eigenvalue weighted by Gasteiger charge is 2.15. The minimum atomic E-state index is -0.247. The van der Waals surface area contributed by atoms with E-state index in [1.165, 1.54) is 23.5 Å². The van der Waals surface area contributed by atoms with Crippen molar-refractivity contribution in [1.29, 1.82) is 0 Å². The van der Waals surface area contributed by atoms with Crippen LogP contribution in [0.15, 0.2) is 48.5 Å². The highest BCUT2D eigenvalue weighted by atomic mass is 32.1. The molecule has 0 saturated carbocycles. The first-order valence-corrected chi connectivity index (χ1v) is 7.05. The number of halogens is 1. The van der Waals surface area contributed by atoms with Gasteiger partial charge in [-0.1, -0.05) is 47.7 Å². The molecule has 100 valence electrons. The Morgan fingerprint density at radius 2 is 1.75 bits per heavy atom. The maximum Gasteiger partial charge on any atom is 0.181 e. The summed E-state index contributed by atoms with van der Waals surface area (Å²) in [4.78, 5) is 5.41. The van der Waals surface area contributed by atoms with Crippen LogP contribution >= 0.6 is 11.3 Å². The lowest BCUT2D eigenvalue weighted by atomic mass is 10.0. The number of rotatable bonds is 2. The van der Waals surface area contributed by atoms with Crippen LogP contribution in [0.25, 0.3) is 21.7 Å². The van der Waals surface area contributed by atoms with Gasteiger partial charge in [-0.25, -0.2) is 9.37 Å². The van der Waals surface area contributed by atoms with Crippen molar-refractivity contribution < 1.29 is 4.39 Å². The molecule has 4 heteroatoms. The number of hydrogen-bond acceptors (Lipinski definition) is 3. The van der Waals surface area contributed by atoms with Crippen molar-refractivity contribution in [1.82, 2.24) is 4.98 Å². The quantitative estimate of drug-likeness (QED) is 0.752. The number of nitrogens with zero attached hydrogens (tertiary/aromatic N) is 1. The normalized spacial score (nSPS) is 10.7. The molecule has 0 fully saturated rings. The number of aromatic nitrogens is 1. The molecule has 3 aromatic rings. The molecule has 2 N–H and O–H groups in total. The maximum absolute atomic E-state index is 13.1. The van der Waals surface area contributed by atoms with E-state index in [0.29, 0.717) is 5.13 Å². The number of nitrogen functional groups attached to an aromatic ring is 1. The molecule has 0 amide bonds. The largest absolute Gasteiger partial charge is 0.375 e. The Balaban J connectivity index is 2.18. The van der Waals surface area contributed by atoms with Crippen LogP contribution in [0.4, 0.5) is 9.52 Å². The summed E-state index contributed by atoms with van der Waals surface area (Å²) in [6.45, 7) is 2.04. The van der Waals surface area contributed by atoms with Gasteiger partial charge in [-0.3, -0.25) is 0 Å². The molecule has 2 aromatic carbocycles. The Morgan fingerprint density at radius 1 is 1.05 bits per heavy atom. The summed E-state index contributed by atoms with van der Waals surface area (Å²) in [6.07, 6.45) is 0. The van der Waals surface area contributed by atoms with Crippen molar-refractivity contribution in [2.75, 3.05) is 5.73 Å². The Kier molecular flexibility index (Phi) is 3.24. The molecule has 0 bridgehead atoms. The number of aryl methyl sites for hydroxylation is 1. The van der Waals surface area contributed by atoms with E-state index in [1.54, 1.807) is 12.1 Å². The fraction of sp³-hybridized carbons (Fsp3) is 0.0625. The standard InChI is InChI=1S/C16H13FN2S/c1-10-4-2-3-5-13(10)14-15(20-16(18)19-14)11-6-8-12(17)9-7-11/h2-9H,1H3,(H2,18,19). The Labute approximate surface area is 120 Å². The van der Waals surface area contributed by atoms with Crippen LogP contribution in [0.1, 0.15) is 5.56 Å². The van der Waals surface area contributed by atoms with Crippen molar-refractivity contribution in [3.05, 3.63) is 59.9 Å². The fourth-order valence-electron chi connectivity index (χ4n) is 2.15. The Hall–Kier alpha value is -2.20. The third-order valence-corrected chi connectivity index (χ3v) is 4.08. The summed E-state index contributed by atoms with van der Waals surface area (Å²) in [5, 5.41) is 0.516. The summed E-state index contributed by atoms with van der Waals surface area (Å²) in [5.74, 6) is -0.247. The third kappa shape index (κ3) is 2.30. The van der Waals surface area contributed by atoms with Crippen LogP contribution < -0.4 is 5.73 Å². The molecule has 0 aliphatic carbocycles. The average molecular weight is 284 g/mol. The fourth-order valence-corrected chi connectivity index (χ4v) is 3.01. The van der Waals surface area contributed by atoms with E-state index in [4.69, 9.17) is 5.73 Å². The summed E-state index contributed by atoms with van der Waals surface area (Å²) < 4.78 is 13.1. The van der Waals surface area contributed by atoms with Gasteiger partial charge in [0.25, 0.3) is 0 Å². The molecule has 1 heterocycles. The first-order valence-electron chi connectivity index (χ1n) is 6.23. The van der Waals surface area contributed by atoms with Gasteiger partial charge in [0, 0.05) is 5.56 Å². The molecule has 2 nitrogen and oxygen atoms in total. The molecule has 3 rings (SSSR count). The van der Waals surface area contributed by atoms with Crippen LogP contribution in [-0.4, -0.2) is 4.98 Å². The minimum absolute atomic E-state index is 0.247. The molecule has 0 spiro atoms. The predicted molar refractivity (Wildman–Crippen MR) is 82.1 cm³/mol. The van der Waals surface area contributed by atoms with Crippen molar-refractivity contribution in [3.8, 4) is 21.7 Å². The zero-order valence-corrected chi connectivity index (χ0v) is 11.7. The van der Waals surface area contributed by atoms with E-state index in [2.05, 4.69) is 4.98 Å². The van der Waals surface area contributed by atoms with Gasteiger partial charge in [0.15, 0.2) is 5.13 Å². The van der Waals surface area contributed by atoms with Gasteiger partial charge in [-0.2, -0.15) is 0 Å². The van der Waals surface area contributed by atoms with E-state index in [0.717, 1.165) is 27.3 Å². The van der Waals surface area contributed by atoms with Crippen LogP contribution in [0.5, 0.6) is 0 Å². The van der Waals surface area contributed by atoms with Crippen molar-refractivity contribution in [3.63, 3.8) is 0 Å². The summed E-state index contributed by atoms with van der Waals surface area (Å²) in [5.41, 5.74) is 9.85. The van der Waals surface area contributed by atoms with Crippen LogP contribution in [0, 0.1) is 12.7 Å². The Morgan fingerprint density at radius 3 is 2.45 bits per heavy atom. The molecular weight excluding hydrogens is 271 g/mol. The van der Waals surface area contributed by atoms with Crippen molar-refractivity contribution in [2.45, 2.75) is 6.92 Å². The number of thiazole rings is 1. The number of hydrogen-bond donors (Lipinski definition) is 1. The van der Waals surface area contributed by atoms with E-state index in [9.17, 15) is 4.39 Å². The number of nitrogens with two attached hydrogens (primary N) is 1. The lowest BCUT2D eigenvalue weighted by molar-refractivity contribution is 0.628. The molecule has 1 aromatic heterocycles. The second kappa shape index (κ2) is 5.06. The van der Waals surface area contributed by atoms with Crippen molar-refractivity contribution in [2.24, 2.45) is 0 Å². The SMILES string of the molecule is Cc1ccccc1-c1nc(N)sc1-c1ccc(F)cc1. The molecular formula is C16H13FN2S. The topological polar surface area (TPSA) is 38.9 Å². The minimum Gasteiger partial charge on any atom is -0.375 e. The maximum atomic E-state index is 13.1. The van der Waals surface area contributed by atoms with Gasteiger partial charge >= 0.3 is 0 Å². The molecule has 0 saturated heterocycles. The highest BCUT2D eigenvalue weighted by molar-refractivity contribution is 7.19. The van der Waals surface area contributed by atoms with Crippen LogP contribution in [-0.2, 0) is 0 Å². The Bertz CT molecular complexity index is 747. The first kappa shape index (κ1) is 12.8. The van der Waals surface area contributed by atoms with Gasteiger partial charge < -0.3 is 5.73 Å². The van der Waals surface area contributed by atoms with E-state index in [-0.39, 0.29) is 5.82 Å². The summed E-state index contributed by atoms with van der Waals surface area (Å²) in [6, 6.07) is 14.4. The molecule has 0 aliphatic heterocycles. The summed E-state index contributed by atoms with van der Waals surface area (Å²) in [7, 11) is 0. The first-order chi connectivity index (χ1) is 9.65. The highest BCUT2D eigenvalue weighted by Crippen LogP contribution is 2.38. The van der Waals surface area contributed by atoms with Crippen LogP contribution in [0.3, 0.4) is 0 Å². The molecule has 0 atom stereocenters. The predicted octanol–water partition coefficient (Wildman–Crippen LogP) is 4.51. The smallest absolute Gasteiger partial charge is 0.181 e. The molecule has 0 unspecified atom stereocenters.